The molecule has 0 aliphatic rings. The van der Waals surface area contributed by atoms with Crippen LogP contribution in [0.1, 0.15) is 54.1 Å². The Hall–Kier alpha value is -3.37. The molecule has 9 heteroatoms. The van der Waals surface area contributed by atoms with Crippen LogP contribution < -0.4 is 10.6 Å². The molecule has 0 fully saturated rings. The van der Waals surface area contributed by atoms with Gasteiger partial charge in [-0.1, -0.05) is 96.1 Å². The lowest BCUT2D eigenvalue weighted by Crippen LogP contribution is -2.26. The van der Waals surface area contributed by atoms with Gasteiger partial charge in [0.1, 0.15) is 0 Å². The van der Waals surface area contributed by atoms with Crippen LogP contribution in [0.3, 0.4) is 0 Å². The fourth-order valence-corrected chi connectivity index (χ4v) is 14.7. The zero-order valence-electron chi connectivity index (χ0n) is 26.7. The van der Waals surface area contributed by atoms with E-state index in [1.54, 1.807) is 88.4 Å². The smallest absolute Gasteiger partial charge is 0.226 e. The number of benzene rings is 4. The number of aryl methyl sites for hydroxylation is 6. The van der Waals surface area contributed by atoms with Crippen LogP contribution in [0.5, 0.6) is 0 Å². The molecular formula is C36H40O6P2S. The minimum atomic E-state index is -4.00. The molecule has 0 aliphatic heterocycles. The van der Waals surface area contributed by atoms with Crippen molar-refractivity contribution in [3.05, 3.63) is 129 Å². The van der Waals surface area contributed by atoms with Crippen molar-refractivity contribution in [2.24, 2.45) is 0 Å². The van der Waals surface area contributed by atoms with Crippen LogP contribution in [0.25, 0.3) is 0 Å². The molecule has 0 aromatic heterocycles. The van der Waals surface area contributed by atoms with Crippen LogP contribution in [0.15, 0.2) is 84.9 Å². The van der Waals surface area contributed by atoms with Gasteiger partial charge in [0.2, 0.25) is 11.0 Å². The lowest BCUT2D eigenvalue weighted by molar-refractivity contribution is 0.106. The lowest BCUT2D eigenvalue weighted by Gasteiger charge is -2.22. The topological polar surface area (TPSA) is 102 Å². The van der Waals surface area contributed by atoms with E-state index in [0.717, 1.165) is 11.1 Å². The maximum absolute atomic E-state index is 14.6. The summed E-state index contributed by atoms with van der Waals surface area (Å²) in [5.41, 5.74) is 4.19. The molecule has 0 aliphatic carbocycles. The Balaban J connectivity index is 1.67. The van der Waals surface area contributed by atoms with Crippen LogP contribution in [0, 0.1) is 41.5 Å². The summed E-state index contributed by atoms with van der Waals surface area (Å²) < 4.78 is 56.5. The number of hydrogen-bond acceptors (Lipinski definition) is 6. The van der Waals surface area contributed by atoms with Crippen molar-refractivity contribution >= 4 is 45.8 Å². The molecule has 2 unspecified atom stereocenters. The van der Waals surface area contributed by atoms with Gasteiger partial charge in [-0.2, -0.15) is 0 Å². The monoisotopic (exact) mass is 662 g/mol. The Kier molecular flexibility index (Phi) is 10.4. The minimum absolute atomic E-state index is 0.292. The van der Waals surface area contributed by atoms with E-state index in [0.29, 0.717) is 44.0 Å². The molecule has 45 heavy (non-hydrogen) atoms. The number of sulfone groups is 1. The normalized spacial score (nSPS) is 14.4. The second-order valence-electron chi connectivity index (χ2n) is 11.9. The van der Waals surface area contributed by atoms with Crippen LogP contribution in [0.2, 0.25) is 0 Å². The second-order valence-corrected chi connectivity index (χ2v) is 19.9. The van der Waals surface area contributed by atoms with E-state index in [1.807, 2.05) is 38.1 Å². The van der Waals surface area contributed by atoms with E-state index in [9.17, 15) is 27.1 Å². The highest BCUT2D eigenvalue weighted by atomic mass is 32.2. The maximum Gasteiger partial charge on any atom is 0.226 e. The van der Waals surface area contributed by atoms with Gasteiger partial charge in [0.15, 0.2) is 24.1 Å². The molecule has 236 valence electrons. The molecule has 4 aromatic carbocycles. The molecule has 0 radical (unpaired) electrons. The Morgan fingerprint density at radius 1 is 0.533 bits per heavy atom. The van der Waals surface area contributed by atoms with E-state index >= 15 is 0 Å². The molecule has 0 saturated heterocycles. The molecule has 0 saturated carbocycles. The summed E-state index contributed by atoms with van der Waals surface area (Å²) in [6, 6.07) is 24.0. The first-order chi connectivity index (χ1) is 21.1. The first-order valence-corrected chi connectivity index (χ1v) is 20.4. The largest absolute Gasteiger partial charge is 0.310 e. The number of hydrogen-bond donors (Lipinski definition) is 0. The zero-order chi connectivity index (χ0) is 33.2. The third-order valence-electron chi connectivity index (χ3n) is 8.22. The van der Waals surface area contributed by atoms with Gasteiger partial charge in [0.25, 0.3) is 0 Å². The fourth-order valence-electron chi connectivity index (χ4n) is 6.07. The van der Waals surface area contributed by atoms with Crippen molar-refractivity contribution in [3.63, 3.8) is 0 Å². The Morgan fingerprint density at radius 3 is 1.11 bits per heavy atom. The van der Waals surface area contributed by atoms with Crippen LogP contribution in [-0.2, 0) is 19.0 Å². The lowest BCUT2D eigenvalue weighted by atomic mass is 10.0. The van der Waals surface area contributed by atoms with Gasteiger partial charge >= 0.3 is 0 Å². The van der Waals surface area contributed by atoms with Gasteiger partial charge in [-0.15, -0.1) is 0 Å². The minimum Gasteiger partial charge on any atom is -0.310 e. The van der Waals surface area contributed by atoms with Crippen LogP contribution >= 0.6 is 14.3 Å². The average Bonchev–Trinajstić information content (AvgIpc) is 2.98. The first kappa shape index (κ1) is 34.5. The highest BCUT2D eigenvalue weighted by molar-refractivity contribution is 7.94. The Bertz CT molecular complexity index is 1780. The standard InChI is InChI=1S/C36H40O6P2S/c1-25-21-27(3)33(28(4)22-25)35(37)43(39,31-13-9-7-10-14-31)17-19-45(41,42)20-18-44(40,32-15-11-8-12-16-32)36(38)34-29(5)23-26(2)24-30(34)6/h7-16,21-24H,17-20H2,1-6H3. The van der Waals surface area contributed by atoms with Gasteiger partial charge in [0.05, 0.1) is 11.5 Å². The summed E-state index contributed by atoms with van der Waals surface area (Å²) in [6.45, 7) is 11.0. The van der Waals surface area contributed by atoms with Crippen LogP contribution in [0.4, 0.5) is 0 Å². The molecule has 4 rings (SSSR count). The number of carbonyl (C=O) groups excluding carboxylic acids is 2. The summed E-state index contributed by atoms with van der Waals surface area (Å²) in [5, 5.41) is 0.583. The van der Waals surface area contributed by atoms with Crippen molar-refractivity contribution in [3.8, 4) is 0 Å². The van der Waals surface area contributed by atoms with Crippen molar-refractivity contribution < 1.29 is 27.1 Å². The third-order valence-corrected chi connectivity index (χ3v) is 16.2. The summed E-state index contributed by atoms with van der Waals surface area (Å²) in [5.74, 6) is -1.11. The molecule has 6 nitrogen and oxygen atoms in total. The summed E-state index contributed by atoms with van der Waals surface area (Å²) >= 11 is 0. The van der Waals surface area contributed by atoms with Gasteiger partial charge < -0.3 is 9.13 Å². The predicted octanol–water partition coefficient (Wildman–Crippen LogP) is 7.31. The summed E-state index contributed by atoms with van der Waals surface area (Å²) in [4.78, 5) is 28.1. The van der Waals surface area contributed by atoms with Gasteiger partial charge in [-0.25, -0.2) is 8.42 Å². The van der Waals surface area contributed by atoms with Gasteiger partial charge in [-0.3, -0.25) is 9.59 Å². The molecule has 2 atom stereocenters. The van der Waals surface area contributed by atoms with E-state index < -0.39 is 59.0 Å². The van der Waals surface area contributed by atoms with Crippen molar-refractivity contribution in [1.29, 1.82) is 0 Å². The molecule has 0 amide bonds. The Labute approximate surface area is 267 Å². The van der Waals surface area contributed by atoms with Crippen LogP contribution in [-0.4, -0.2) is 43.3 Å². The highest BCUT2D eigenvalue weighted by Gasteiger charge is 2.40. The zero-order valence-corrected chi connectivity index (χ0v) is 29.3. The molecule has 0 bridgehead atoms. The van der Waals surface area contributed by atoms with Gasteiger partial charge in [-0.05, 0) is 63.8 Å². The molecule has 4 aromatic rings. The predicted molar refractivity (Wildman–Crippen MR) is 186 cm³/mol. The third kappa shape index (κ3) is 7.38. The Morgan fingerprint density at radius 2 is 0.822 bits per heavy atom. The molecule has 0 N–H and O–H groups in total. The van der Waals surface area contributed by atoms with E-state index in [4.69, 9.17) is 0 Å². The SMILES string of the molecule is Cc1cc(C)c(C(=O)P(=O)(CCS(=O)(=O)CCP(=O)(C(=O)c2c(C)cc(C)cc2C)c2ccccc2)c2ccccc2)c(C)c1. The molecular weight excluding hydrogens is 622 g/mol. The summed E-state index contributed by atoms with van der Waals surface area (Å²) in [6.07, 6.45) is -0.796. The van der Waals surface area contributed by atoms with E-state index in [2.05, 4.69) is 0 Å². The van der Waals surface area contributed by atoms with Crippen molar-refractivity contribution in [2.75, 3.05) is 23.8 Å². The average molecular weight is 663 g/mol. The quantitative estimate of drug-likeness (QED) is 0.148. The molecule has 0 spiro atoms. The van der Waals surface area contributed by atoms with E-state index in [1.165, 1.54) is 0 Å². The highest BCUT2D eigenvalue weighted by Crippen LogP contribution is 2.51. The van der Waals surface area contributed by atoms with Crippen molar-refractivity contribution in [2.45, 2.75) is 41.5 Å². The van der Waals surface area contributed by atoms with Crippen molar-refractivity contribution in [1.82, 2.24) is 0 Å². The fraction of sp³-hybridized carbons (Fsp3) is 0.278. The van der Waals surface area contributed by atoms with Gasteiger partial charge in [0, 0.05) is 34.1 Å². The number of rotatable bonds is 12. The number of carbonyl (C=O) groups is 2. The second kappa shape index (κ2) is 13.5. The first-order valence-electron chi connectivity index (χ1n) is 14.8. The molecule has 0 heterocycles. The van der Waals surface area contributed by atoms with E-state index in [-0.39, 0.29) is 0 Å². The maximum atomic E-state index is 14.6. The summed E-state index contributed by atoms with van der Waals surface area (Å²) in [7, 11) is -11.8.